The summed E-state index contributed by atoms with van der Waals surface area (Å²) in [5.41, 5.74) is 2.23. The van der Waals surface area contributed by atoms with Crippen molar-refractivity contribution in [1.82, 2.24) is 14.1 Å². The van der Waals surface area contributed by atoms with E-state index < -0.39 is 10.0 Å². The van der Waals surface area contributed by atoms with E-state index >= 15 is 0 Å². The van der Waals surface area contributed by atoms with Crippen LogP contribution in [0.5, 0.6) is 5.75 Å². The normalized spacial score (nSPS) is 16.0. The number of carbonyl (C=O) groups is 2. The van der Waals surface area contributed by atoms with Crippen LogP contribution in [0.15, 0.2) is 77.7 Å². The maximum Gasteiger partial charge on any atom is 0.253 e. The quantitative estimate of drug-likeness (QED) is 0.342. The number of likely N-dealkylation sites (tertiary alicyclic amines) is 1. The predicted molar refractivity (Wildman–Crippen MR) is 157 cm³/mol. The molecule has 3 aromatic rings. The zero-order valence-corrected chi connectivity index (χ0v) is 24.7. The molecule has 2 aliphatic rings. The number of hydrogen-bond donors (Lipinski definition) is 0. The van der Waals surface area contributed by atoms with Gasteiger partial charge in [-0.15, -0.1) is 0 Å². The molecule has 1 saturated heterocycles. The number of nitrogens with zero attached hydrogens (tertiary/aromatic N) is 3. The molecule has 1 saturated carbocycles. The van der Waals surface area contributed by atoms with Crippen LogP contribution in [-0.2, 0) is 21.4 Å². The van der Waals surface area contributed by atoms with Gasteiger partial charge in [0.05, 0.1) is 18.6 Å². The number of amides is 2. The molecule has 42 heavy (non-hydrogen) atoms. The minimum Gasteiger partial charge on any atom is -0.497 e. The molecule has 8 nitrogen and oxygen atoms in total. The standard InChI is InChI=1S/C32H36FN3O5S/c1-23-6-14-30(15-7-23)42(39,40)36(28-12-13-28)22-31(37)35(21-24-8-10-26(33)11-9-24)27-16-18-34(19-17-27)32(38)25-4-3-5-29(20-25)41-2/h3-11,14-15,20,27-28H,12-13,16-19,21-22H2,1-2H3. The van der Waals surface area contributed by atoms with Crippen LogP contribution >= 0.6 is 0 Å². The summed E-state index contributed by atoms with van der Waals surface area (Å²) in [6.45, 7) is 2.73. The van der Waals surface area contributed by atoms with Gasteiger partial charge in [0.25, 0.3) is 5.91 Å². The molecule has 222 valence electrons. The molecule has 0 spiro atoms. The van der Waals surface area contributed by atoms with E-state index in [2.05, 4.69) is 0 Å². The van der Waals surface area contributed by atoms with E-state index in [0.717, 1.165) is 11.1 Å². The number of piperidine rings is 1. The summed E-state index contributed by atoms with van der Waals surface area (Å²) in [5.74, 6) is -0.176. The van der Waals surface area contributed by atoms with Gasteiger partial charge in [0.1, 0.15) is 11.6 Å². The molecule has 5 rings (SSSR count). The Morgan fingerprint density at radius 2 is 1.60 bits per heavy atom. The van der Waals surface area contributed by atoms with E-state index in [1.54, 1.807) is 77.6 Å². The third-order valence-electron chi connectivity index (χ3n) is 7.97. The number of hydrogen-bond acceptors (Lipinski definition) is 5. The van der Waals surface area contributed by atoms with Crippen LogP contribution in [0.25, 0.3) is 0 Å². The van der Waals surface area contributed by atoms with Crippen molar-refractivity contribution < 1.29 is 27.1 Å². The largest absolute Gasteiger partial charge is 0.497 e. The van der Waals surface area contributed by atoms with Gasteiger partial charge < -0.3 is 14.5 Å². The van der Waals surface area contributed by atoms with Crippen LogP contribution < -0.4 is 4.74 Å². The van der Waals surface area contributed by atoms with E-state index in [4.69, 9.17) is 4.74 Å². The zero-order valence-electron chi connectivity index (χ0n) is 23.9. The molecule has 3 aromatic carbocycles. The summed E-state index contributed by atoms with van der Waals surface area (Å²) in [7, 11) is -2.32. The van der Waals surface area contributed by atoms with Gasteiger partial charge in [-0.2, -0.15) is 4.31 Å². The smallest absolute Gasteiger partial charge is 0.253 e. The summed E-state index contributed by atoms with van der Waals surface area (Å²) in [6.07, 6.45) is 2.50. The van der Waals surface area contributed by atoms with Crippen LogP contribution in [-0.4, -0.2) is 73.2 Å². The molecule has 0 aromatic heterocycles. The fraction of sp³-hybridized carbons (Fsp3) is 0.375. The highest BCUT2D eigenvalue weighted by atomic mass is 32.2. The van der Waals surface area contributed by atoms with E-state index in [9.17, 15) is 22.4 Å². The minimum absolute atomic E-state index is 0.104. The first-order valence-electron chi connectivity index (χ1n) is 14.2. The van der Waals surface area contributed by atoms with Gasteiger partial charge in [-0.3, -0.25) is 9.59 Å². The third kappa shape index (κ3) is 6.82. The van der Waals surface area contributed by atoms with Gasteiger partial charge in [0.2, 0.25) is 15.9 Å². The molecular weight excluding hydrogens is 557 g/mol. The van der Waals surface area contributed by atoms with Gasteiger partial charge in [-0.05, 0) is 80.6 Å². The SMILES string of the molecule is COc1cccc(C(=O)N2CCC(N(Cc3ccc(F)cc3)C(=O)CN(C3CC3)S(=O)(=O)c3ccc(C)cc3)CC2)c1. The molecule has 0 atom stereocenters. The number of halogens is 1. The van der Waals surface area contributed by atoms with Gasteiger partial charge in [0.15, 0.2) is 0 Å². The van der Waals surface area contributed by atoms with Gasteiger partial charge in [0, 0.05) is 37.3 Å². The maximum atomic E-state index is 13.9. The number of aryl methyl sites for hydroxylation is 1. The van der Waals surface area contributed by atoms with Crippen molar-refractivity contribution >= 4 is 21.8 Å². The Morgan fingerprint density at radius 1 is 0.929 bits per heavy atom. The summed E-state index contributed by atoms with van der Waals surface area (Å²) in [5, 5.41) is 0. The van der Waals surface area contributed by atoms with Crippen molar-refractivity contribution in [2.75, 3.05) is 26.7 Å². The summed E-state index contributed by atoms with van der Waals surface area (Å²) in [6, 6.07) is 19.2. The second-order valence-electron chi connectivity index (χ2n) is 11.0. The highest BCUT2D eigenvalue weighted by Crippen LogP contribution is 2.33. The Hall–Kier alpha value is -3.76. The molecule has 1 heterocycles. The summed E-state index contributed by atoms with van der Waals surface area (Å²) in [4.78, 5) is 30.8. The van der Waals surface area contributed by atoms with Crippen LogP contribution in [0.2, 0.25) is 0 Å². The van der Waals surface area contributed by atoms with Crippen molar-refractivity contribution in [1.29, 1.82) is 0 Å². The topological polar surface area (TPSA) is 87.2 Å². The molecule has 2 fully saturated rings. The second-order valence-corrected chi connectivity index (χ2v) is 12.9. The first-order valence-corrected chi connectivity index (χ1v) is 15.7. The fourth-order valence-corrected chi connectivity index (χ4v) is 7.00. The Bertz CT molecular complexity index is 1520. The first kappa shape index (κ1) is 29.7. The fourth-order valence-electron chi connectivity index (χ4n) is 5.37. The van der Waals surface area contributed by atoms with Gasteiger partial charge in [-0.25, -0.2) is 12.8 Å². The number of sulfonamides is 1. The van der Waals surface area contributed by atoms with Gasteiger partial charge in [-0.1, -0.05) is 35.9 Å². The molecule has 0 bridgehead atoms. The molecule has 2 amide bonds. The lowest BCUT2D eigenvalue weighted by molar-refractivity contribution is -0.135. The Kier molecular flexibility index (Phi) is 8.93. The molecule has 0 radical (unpaired) electrons. The average Bonchev–Trinajstić information content (AvgIpc) is 3.85. The van der Waals surface area contributed by atoms with E-state index in [0.29, 0.717) is 50.1 Å². The van der Waals surface area contributed by atoms with Crippen molar-refractivity contribution in [3.05, 3.63) is 95.3 Å². The third-order valence-corrected chi connectivity index (χ3v) is 9.88. The van der Waals surface area contributed by atoms with Gasteiger partial charge >= 0.3 is 0 Å². The first-order chi connectivity index (χ1) is 20.2. The maximum absolute atomic E-state index is 13.9. The molecule has 0 N–H and O–H groups in total. The average molecular weight is 594 g/mol. The molecule has 1 aliphatic carbocycles. The minimum atomic E-state index is -3.88. The molecule has 1 aliphatic heterocycles. The summed E-state index contributed by atoms with van der Waals surface area (Å²) >= 11 is 0. The Balaban J connectivity index is 1.34. The van der Waals surface area contributed by atoms with Crippen LogP contribution in [0.1, 0.15) is 47.2 Å². The number of methoxy groups -OCH3 is 1. The number of ether oxygens (including phenoxy) is 1. The molecular formula is C32H36FN3O5S. The van der Waals surface area contributed by atoms with E-state index in [1.165, 1.54) is 16.4 Å². The lowest BCUT2D eigenvalue weighted by atomic mass is 10.0. The molecule has 0 unspecified atom stereocenters. The Morgan fingerprint density at radius 3 is 2.21 bits per heavy atom. The number of carbonyl (C=O) groups excluding carboxylic acids is 2. The molecule has 10 heteroatoms. The van der Waals surface area contributed by atoms with Crippen molar-refractivity contribution in [3.63, 3.8) is 0 Å². The van der Waals surface area contributed by atoms with Crippen molar-refractivity contribution in [3.8, 4) is 5.75 Å². The van der Waals surface area contributed by atoms with Crippen molar-refractivity contribution in [2.45, 2.75) is 56.1 Å². The lowest BCUT2D eigenvalue weighted by Gasteiger charge is -2.39. The predicted octanol–water partition coefficient (Wildman–Crippen LogP) is 4.63. The summed E-state index contributed by atoms with van der Waals surface area (Å²) < 4.78 is 47.4. The van der Waals surface area contributed by atoms with E-state index in [-0.39, 0.29) is 47.7 Å². The second kappa shape index (κ2) is 12.6. The zero-order chi connectivity index (χ0) is 29.9. The van der Waals surface area contributed by atoms with Crippen molar-refractivity contribution in [2.24, 2.45) is 0 Å². The number of benzene rings is 3. The van der Waals surface area contributed by atoms with Crippen LogP contribution in [0, 0.1) is 12.7 Å². The lowest BCUT2D eigenvalue weighted by Crippen LogP contribution is -2.51. The monoisotopic (exact) mass is 593 g/mol. The Labute approximate surface area is 246 Å². The van der Waals surface area contributed by atoms with Crippen LogP contribution in [0.4, 0.5) is 4.39 Å². The van der Waals surface area contributed by atoms with E-state index in [1.807, 2.05) is 6.92 Å². The highest BCUT2D eigenvalue weighted by molar-refractivity contribution is 7.89. The highest BCUT2D eigenvalue weighted by Gasteiger charge is 2.41. The number of rotatable bonds is 10. The van der Waals surface area contributed by atoms with Crippen LogP contribution in [0.3, 0.4) is 0 Å².